The van der Waals surface area contributed by atoms with Crippen LogP contribution in [-0.2, 0) is 0 Å². The molecule has 1 aliphatic rings. The van der Waals surface area contributed by atoms with Crippen molar-refractivity contribution in [3.05, 3.63) is 59.6 Å². The van der Waals surface area contributed by atoms with E-state index in [1.165, 1.54) is 0 Å². The van der Waals surface area contributed by atoms with E-state index >= 15 is 0 Å². The van der Waals surface area contributed by atoms with Gasteiger partial charge in [-0.05, 0) is 42.5 Å². The maximum absolute atomic E-state index is 11.7. The third-order valence-corrected chi connectivity index (χ3v) is 6.98. The lowest BCUT2D eigenvalue weighted by atomic mass is 9.84. The third kappa shape index (κ3) is 5.37. The number of fused-ring (bicyclic) bond motifs is 1. The minimum Gasteiger partial charge on any atom is -0.465 e. The molecule has 1 saturated heterocycles. The Balaban J connectivity index is 1.47. The van der Waals surface area contributed by atoms with Crippen LogP contribution in [-0.4, -0.2) is 63.2 Å². The highest BCUT2D eigenvalue weighted by molar-refractivity contribution is 5.89. The second-order valence-electron chi connectivity index (χ2n) is 10.4. The van der Waals surface area contributed by atoms with Gasteiger partial charge in [0, 0.05) is 66.9 Å². The van der Waals surface area contributed by atoms with Crippen LogP contribution in [0.5, 0.6) is 0 Å². The number of anilines is 2. The van der Waals surface area contributed by atoms with Gasteiger partial charge in [-0.25, -0.2) is 4.79 Å². The van der Waals surface area contributed by atoms with Gasteiger partial charge in [-0.2, -0.15) is 5.26 Å². The summed E-state index contributed by atoms with van der Waals surface area (Å²) in [5, 5.41) is 23.9. The van der Waals surface area contributed by atoms with Gasteiger partial charge in [0.15, 0.2) is 0 Å². The van der Waals surface area contributed by atoms with Crippen LogP contribution in [0.1, 0.15) is 43.9 Å². The topological polar surface area (TPSA) is 108 Å². The Morgan fingerprint density at radius 2 is 2.11 bits per heavy atom. The van der Waals surface area contributed by atoms with E-state index in [0.717, 1.165) is 59.5 Å². The highest BCUT2D eigenvalue weighted by Crippen LogP contribution is 2.31. The molecule has 8 nitrogen and oxygen atoms in total. The summed E-state index contributed by atoms with van der Waals surface area (Å²) in [6.45, 7) is 11.2. The molecule has 1 aromatic carbocycles. The molecular weight excluding hydrogens is 452 g/mol. The number of amides is 1. The summed E-state index contributed by atoms with van der Waals surface area (Å²) in [7, 11) is 0. The van der Waals surface area contributed by atoms with Crippen molar-refractivity contribution < 1.29 is 9.90 Å². The normalized spacial score (nSPS) is 17.0. The second kappa shape index (κ2) is 10.4. The molecule has 0 aliphatic carbocycles. The summed E-state index contributed by atoms with van der Waals surface area (Å²) in [6.07, 6.45) is 9.35. The fourth-order valence-electron chi connectivity index (χ4n) is 4.86. The monoisotopic (exact) mass is 486 g/mol. The van der Waals surface area contributed by atoms with Crippen molar-refractivity contribution in [1.82, 2.24) is 19.8 Å². The van der Waals surface area contributed by atoms with Gasteiger partial charge < -0.3 is 20.3 Å². The van der Waals surface area contributed by atoms with Gasteiger partial charge in [-0.3, -0.25) is 9.88 Å². The van der Waals surface area contributed by atoms with Crippen molar-refractivity contribution >= 4 is 34.4 Å². The van der Waals surface area contributed by atoms with E-state index in [0.29, 0.717) is 12.1 Å². The lowest BCUT2D eigenvalue weighted by molar-refractivity contribution is 0.0224. The number of rotatable bonds is 6. The number of hydrogen-bond donors (Lipinski definition) is 3. The Morgan fingerprint density at radius 3 is 2.83 bits per heavy atom. The van der Waals surface area contributed by atoms with Gasteiger partial charge >= 0.3 is 6.09 Å². The Labute approximate surface area is 212 Å². The highest BCUT2D eigenvalue weighted by Gasteiger charge is 2.37. The van der Waals surface area contributed by atoms with Crippen LogP contribution >= 0.6 is 0 Å². The first-order valence-electron chi connectivity index (χ1n) is 12.3. The van der Waals surface area contributed by atoms with Crippen molar-refractivity contribution in [2.24, 2.45) is 5.41 Å². The molecule has 0 bridgehead atoms. The van der Waals surface area contributed by atoms with E-state index in [1.807, 2.05) is 24.4 Å². The van der Waals surface area contributed by atoms with E-state index in [1.54, 1.807) is 17.3 Å². The minimum atomic E-state index is -0.842. The lowest BCUT2D eigenvalue weighted by Gasteiger charge is -2.46. The summed E-state index contributed by atoms with van der Waals surface area (Å²) in [6, 6.07) is 8.32. The van der Waals surface area contributed by atoms with Crippen LogP contribution < -0.4 is 5.32 Å². The van der Waals surface area contributed by atoms with Crippen molar-refractivity contribution in [3.8, 4) is 6.07 Å². The third-order valence-electron chi connectivity index (χ3n) is 6.98. The van der Waals surface area contributed by atoms with Crippen molar-refractivity contribution in [3.63, 3.8) is 0 Å². The zero-order valence-electron chi connectivity index (χ0n) is 21.4. The Hall–Kier alpha value is -3.83. The predicted molar refractivity (Wildman–Crippen MR) is 143 cm³/mol. The number of hydrogen-bond acceptors (Lipinski definition) is 5. The number of aromatic amines is 1. The molecule has 0 radical (unpaired) electrons. The van der Waals surface area contributed by atoms with Gasteiger partial charge in [0.2, 0.25) is 0 Å². The number of aryl methyl sites for hydroxylation is 1. The number of carboxylic acid groups (broad SMARTS) is 1. The van der Waals surface area contributed by atoms with Gasteiger partial charge in [-0.1, -0.05) is 32.9 Å². The first-order valence-corrected chi connectivity index (χ1v) is 12.3. The average molecular weight is 487 g/mol. The Morgan fingerprint density at radius 1 is 1.31 bits per heavy atom. The van der Waals surface area contributed by atoms with Gasteiger partial charge in [0.25, 0.3) is 0 Å². The molecule has 3 heterocycles. The molecule has 3 N–H and O–H groups in total. The number of nitriles is 1. The maximum Gasteiger partial charge on any atom is 0.407 e. The van der Waals surface area contributed by atoms with E-state index in [9.17, 15) is 15.2 Å². The number of aromatic nitrogens is 2. The lowest BCUT2D eigenvalue weighted by Crippen LogP contribution is -2.59. The van der Waals surface area contributed by atoms with Crippen molar-refractivity contribution in [1.29, 1.82) is 5.26 Å². The van der Waals surface area contributed by atoms with Crippen LogP contribution in [0.3, 0.4) is 0 Å². The molecule has 0 spiro atoms. The quantitative estimate of drug-likeness (QED) is 0.418. The molecule has 1 atom stereocenters. The van der Waals surface area contributed by atoms with Gasteiger partial charge in [-0.15, -0.1) is 0 Å². The summed E-state index contributed by atoms with van der Waals surface area (Å²) >= 11 is 0. The zero-order valence-corrected chi connectivity index (χ0v) is 21.4. The van der Waals surface area contributed by atoms with Crippen LogP contribution in [0.4, 0.5) is 16.2 Å². The van der Waals surface area contributed by atoms with E-state index < -0.39 is 6.09 Å². The predicted octanol–water partition coefficient (Wildman–Crippen LogP) is 5.60. The molecule has 1 fully saturated rings. The number of nitrogens with zero attached hydrogens (tertiary/aromatic N) is 4. The van der Waals surface area contributed by atoms with Crippen LogP contribution in [0.25, 0.3) is 17.0 Å². The standard InChI is InChI=1S/C28H34N6O2/c1-19-22-10-11-31-24(22)9-8-23(19)32-26-20(16-30-17-21(26)15-29)7-5-6-12-33-13-14-34(27(35)36)25(18-33)28(2,3)4/h5,7-11,16-17,25,31H,6,12-14,18H2,1-4H3,(H,30,32)(H,35,36)/b7-5+. The van der Waals surface area contributed by atoms with Crippen LogP contribution in [0, 0.1) is 23.7 Å². The molecule has 3 aromatic rings. The fraction of sp³-hybridized carbons (Fsp3) is 0.393. The summed E-state index contributed by atoms with van der Waals surface area (Å²) in [5.74, 6) is 0. The average Bonchev–Trinajstić information content (AvgIpc) is 3.33. The highest BCUT2D eigenvalue weighted by atomic mass is 16.4. The van der Waals surface area contributed by atoms with E-state index in [-0.39, 0.29) is 11.5 Å². The molecule has 1 aliphatic heterocycles. The summed E-state index contributed by atoms with van der Waals surface area (Å²) in [4.78, 5) is 23.1. The molecule has 0 saturated carbocycles. The first kappa shape index (κ1) is 25.3. The molecule has 1 amide bonds. The Bertz CT molecular complexity index is 1310. The fourth-order valence-corrected chi connectivity index (χ4v) is 4.86. The molecule has 188 valence electrons. The smallest absolute Gasteiger partial charge is 0.407 e. The SMILES string of the molecule is Cc1c(Nc2c(C#N)cncc2/C=C/CCN2CCN(C(=O)O)C(C(C)(C)C)C2)ccc2[nH]ccc12. The Kier molecular flexibility index (Phi) is 7.32. The number of carbonyl (C=O) groups is 1. The van der Waals surface area contributed by atoms with Crippen molar-refractivity contribution in [2.75, 3.05) is 31.5 Å². The second-order valence-corrected chi connectivity index (χ2v) is 10.4. The zero-order chi connectivity index (χ0) is 25.9. The van der Waals surface area contributed by atoms with Crippen molar-refractivity contribution in [2.45, 2.75) is 40.2 Å². The first-order chi connectivity index (χ1) is 17.2. The summed E-state index contributed by atoms with van der Waals surface area (Å²) in [5.41, 5.74) is 5.09. The molecule has 8 heteroatoms. The number of piperazine rings is 1. The molecule has 4 rings (SSSR count). The van der Waals surface area contributed by atoms with E-state index in [2.05, 4.69) is 66.1 Å². The minimum absolute atomic E-state index is 0.0411. The van der Waals surface area contributed by atoms with Crippen LogP contribution in [0.15, 0.2) is 42.9 Å². The number of pyridine rings is 1. The molecular formula is C28H34N6O2. The maximum atomic E-state index is 11.7. The van der Waals surface area contributed by atoms with Gasteiger partial charge in [0.1, 0.15) is 6.07 Å². The van der Waals surface area contributed by atoms with E-state index in [4.69, 9.17) is 0 Å². The number of benzene rings is 1. The largest absolute Gasteiger partial charge is 0.465 e. The summed E-state index contributed by atoms with van der Waals surface area (Å²) < 4.78 is 0. The number of H-pyrrole nitrogens is 1. The number of nitrogens with one attached hydrogen (secondary N) is 2. The van der Waals surface area contributed by atoms with Gasteiger partial charge in [0.05, 0.1) is 17.3 Å². The molecule has 2 aromatic heterocycles. The molecule has 1 unspecified atom stereocenters. The van der Waals surface area contributed by atoms with Crippen LogP contribution in [0.2, 0.25) is 0 Å². The molecule has 36 heavy (non-hydrogen) atoms.